The Hall–Kier alpha value is -0.820. The summed E-state index contributed by atoms with van der Waals surface area (Å²) in [6, 6.07) is 0. The maximum absolute atomic E-state index is 11.8. The van der Waals surface area contributed by atoms with Gasteiger partial charge in [0.2, 0.25) is 5.91 Å². The number of amides is 1. The first-order chi connectivity index (χ1) is 7.66. The Morgan fingerprint density at radius 3 is 2.29 bits per heavy atom. The molecular formula is C10H19F3N2O2. The molecule has 1 amide bonds. The molecule has 0 aliphatic rings. The first-order valence-electron chi connectivity index (χ1n) is 5.34. The summed E-state index contributed by atoms with van der Waals surface area (Å²) in [6.45, 7) is 4.65. The van der Waals surface area contributed by atoms with Gasteiger partial charge in [-0.1, -0.05) is 0 Å². The molecule has 0 saturated heterocycles. The summed E-state index contributed by atoms with van der Waals surface area (Å²) >= 11 is 0. The van der Waals surface area contributed by atoms with Crippen LogP contribution >= 0.6 is 0 Å². The first kappa shape index (κ1) is 16.2. The van der Waals surface area contributed by atoms with Crippen LogP contribution in [0.5, 0.6) is 0 Å². The fraction of sp³-hybridized carbons (Fsp3) is 0.900. The van der Waals surface area contributed by atoms with Crippen LogP contribution in [0.3, 0.4) is 0 Å². The van der Waals surface area contributed by atoms with E-state index < -0.39 is 24.2 Å². The van der Waals surface area contributed by atoms with Crippen LogP contribution in [-0.2, 0) is 9.53 Å². The standard InChI is InChI=1S/C10H19F3N2O2/c1-4-17-9(2,3)6-15-8(16)5-14-7-10(11,12)13/h14H,4-7H2,1-3H3,(H,15,16). The highest BCUT2D eigenvalue weighted by atomic mass is 19.4. The van der Waals surface area contributed by atoms with E-state index >= 15 is 0 Å². The number of halogens is 3. The molecule has 0 aliphatic carbocycles. The molecule has 0 aromatic rings. The van der Waals surface area contributed by atoms with Crippen LogP contribution < -0.4 is 10.6 Å². The molecule has 102 valence electrons. The number of nitrogens with one attached hydrogen (secondary N) is 2. The van der Waals surface area contributed by atoms with E-state index in [1.54, 1.807) is 13.8 Å². The van der Waals surface area contributed by atoms with E-state index in [4.69, 9.17) is 4.74 Å². The van der Waals surface area contributed by atoms with E-state index in [1.807, 2.05) is 12.2 Å². The molecule has 7 heteroatoms. The largest absolute Gasteiger partial charge is 0.401 e. The van der Waals surface area contributed by atoms with Gasteiger partial charge in [0.25, 0.3) is 0 Å². The van der Waals surface area contributed by atoms with E-state index in [1.165, 1.54) is 0 Å². The zero-order chi connectivity index (χ0) is 13.5. The third-order valence-electron chi connectivity index (χ3n) is 1.86. The number of hydrogen-bond acceptors (Lipinski definition) is 3. The normalized spacial score (nSPS) is 12.6. The number of rotatable bonds is 7. The third-order valence-corrected chi connectivity index (χ3v) is 1.86. The Kier molecular flexibility index (Phi) is 6.48. The second-order valence-corrected chi connectivity index (χ2v) is 4.19. The summed E-state index contributed by atoms with van der Waals surface area (Å²) in [4.78, 5) is 11.2. The average molecular weight is 256 g/mol. The molecule has 0 atom stereocenters. The quantitative estimate of drug-likeness (QED) is 0.716. The van der Waals surface area contributed by atoms with E-state index in [-0.39, 0.29) is 13.1 Å². The highest BCUT2D eigenvalue weighted by Crippen LogP contribution is 2.11. The van der Waals surface area contributed by atoms with Crippen molar-refractivity contribution in [3.63, 3.8) is 0 Å². The predicted molar refractivity (Wildman–Crippen MR) is 57.6 cm³/mol. The van der Waals surface area contributed by atoms with Gasteiger partial charge in [-0.3, -0.25) is 4.79 Å². The molecule has 17 heavy (non-hydrogen) atoms. The molecule has 0 radical (unpaired) electrons. The predicted octanol–water partition coefficient (Wildman–Crippen LogP) is 1.07. The molecular weight excluding hydrogens is 237 g/mol. The summed E-state index contributed by atoms with van der Waals surface area (Å²) in [7, 11) is 0. The van der Waals surface area contributed by atoms with Gasteiger partial charge in [-0.25, -0.2) is 0 Å². The molecule has 4 nitrogen and oxygen atoms in total. The molecule has 0 unspecified atom stereocenters. The van der Waals surface area contributed by atoms with Crippen molar-refractivity contribution >= 4 is 5.91 Å². The van der Waals surface area contributed by atoms with Crippen LogP contribution in [-0.4, -0.2) is 43.9 Å². The summed E-state index contributed by atoms with van der Waals surface area (Å²) in [6.07, 6.45) is -4.30. The summed E-state index contributed by atoms with van der Waals surface area (Å²) in [5, 5.41) is 4.52. The Bertz CT molecular complexity index is 242. The van der Waals surface area contributed by atoms with Crippen molar-refractivity contribution in [2.45, 2.75) is 32.5 Å². The minimum atomic E-state index is -4.30. The minimum Gasteiger partial charge on any atom is -0.374 e. The fourth-order valence-corrected chi connectivity index (χ4v) is 1.13. The lowest BCUT2D eigenvalue weighted by molar-refractivity contribution is -0.129. The number of ether oxygens (including phenoxy) is 1. The molecule has 0 fully saturated rings. The van der Waals surface area contributed by atoms with E-state index in [0.29, 0.717) is 6.61 Å². The van der Waals surface area contributed by atoms with Crippen LogP contribution in [0.2, 0.25) is 0 Å². The highest BCUT2D eigenvalue weighted by Gasteiger charge is 2.26. The third kappa shape index (κ3) is 10.1. The smallest absolute Gasteiger partial charge is 0.374 e. The van der Waals surface area contributed by atoms with Crippen LogP contribution in [0.4, 0.5) is 13.2 Å². The van der Waals surface area contributed by atoms with E-state index in [0.717, 1.165) is 0 Å². The minimum absolute atomic E-state index is 0.257. The van der Waals surface area contributed by atoms with E-state index in [2.05, 4.69) is 5.32 Å². The van der Waals surface area contributed by atoms with Crippen LogP contribution in [0.25, 0.3) is 0 Å². The summed E-state index contributed by atoms with van der Waals surface area (Å²) in [5.74, 6) is -0.484. The Labute approximate surface area is 98.9 Å². The second-order valence-electron chi connectivity index (χ2n) is 4.19. The SMILES string of the molecule is CCOC(C)(C)CNC(=O)CNCC(F)(F)F. The first-order valence-corrected chi connectivity index (χ1v) is 5.34. The Morgan fingerprint density at radius 1 is 1.24 bits per heavy atom. The van der Waals surface area contributed by atoms with Gasteiger partial charge in [0.1, 0.15) is 0 Å². The number of hydrogen-bond donors (Lipinski definition) is 2. The molecule has 0 rings (SSSR count). The number of alkyl halides is 3. The number of carbonyl (C=O) groups excluding carboxylic acids is 1. The molecule has 0 aromatic heterocycles. The van der Waals surface area contributed by atoms with Gasteiger partial charge in [0, 0.05) is 13.2 Å². The van der Waals surface area contributed by atoms with Crippen LogP contribution in [0.1, 0.15) is 20.8 Å². The van der Waals surface area contributed by atoms with Crippen molar-refractivity contribution in [3.8, 4) is 0 Å². The number of carbonyl (C=O) groups is 1. The lowest BCUT2D eigenvalue weighted by Gasteiger charge is -2.24. The zero-order valence-electron chi connectivity index (χ0n) is 10.3. The molecule has 0 saturated carbocycles. The Morgan fingerprint density at radius 2 is 1.82 bits per heavy atom. The fourth-order valence-electron chi connectivity index (χ4n) is 1.13. The van der Waals surface area contributed by atoms with Gasteiger partial charge in [0.05, 0.1) is 18.7 Å². The van der Waals surface area contributed by atoms with Crippen molar-refractivity contribution in [2.75, 3.05) is 26.2 Å². The van der Waals surface area contributed by atoms with E-state index in [9.17, 15) is 18.0 Å². The Balaban J connectivity index is 3.73. The van der Waals surface area contributed by atoms with Gasteiger partial charge in [0.15, 0.2) is 0 Å². The van der Waals surface area contributed by atoms with Gasteiger partial charge >= 0.3 is 6.18 Å². The maximum Gasteiger partial charge on any atom is 0.401 e. The van der Waals surface area contributed by atoms with Gasteiger partial charge in [-0.05, 0) is 20.8 Å². The molecule has 0 spiro atoms. The van der Waals surface area contributed by atoms with Gasteiger partial charge < -0.3 is 15.4 Å². The lowest BCUT2D eigenvalue weighted by atomic mass is 10.1. The monoisotopic (exact) mass is 256 g/mol. The summed E-state index contributed by atoms with van der Waals surface area (Å²) < 4.78 is 40.6. The molecule has 0 aliphatic heterocycles. The molecule has 0 heterocycles. The average Bonchev–Trinajstić information content (AvgIpc) is 2.13. The zero-order valence-corrected chi connectivity index (χ0v) is 10.3. The molecule has 0 bridgehead atoms. The second kappa shape index (κ2) is 6.80. The highest BCUT2D eigenvalue weighted by molar-refractivity contribution is 5.78. The summed E-state index contributed by atoms with van der Waals surface area (Å²) in [5.41, 5.74) is -0.519. The van der Waals surface area contributed by atoms with Crippen molar-refractivity contribution < 1.29 is 22.7 Å². The van der Waals surface area contributed by atoms with Crippen molar-refractivity contribution in [3.05, 3.63) is 0 Å². The molecule has 2 N–H and O–H groups in total. The van der Waals surface area contributed by atoms with Crippen molar-refractivity contribution in [1.29, 1.82) is 0 Å². The topological polar surface area (TPSA) is 50.4 Å². The lowest BCUT2D eigenvalue weighted by Crippen LogP contribution is -2.44. The maximum atomic E-state index is 11.8. The van der Waals surface area contributed by atoms with Crippen LogP contribution in [0.15, 0.2) is 0 Å². The van der Waals surface area contributed by atoms with Crippen molar-refractivity contribution in [1.82, 2.24) is 10.6 Å². The van der Waals surface area contributed by atoms with Gasteiger partial charge in [-0.15, -0.1) is 0 Å². The van der Waals surface area contributed by atoms with Crippen molar-refractivity contribution in [2.24, 2.45) is 0 Å². The van der Waals surface area contributed by atoms with Crippen LogP contribution in [0, 0.1) is 0 Å². The molecule has 0 aromatic carbocycles. The van der Waals surface area contributed by atoms with Gasteiger partial charge in [-0.2, -0.15) is 13.2 Å².